The van der Waals surface area contributed by atoms with Crippen molar-refractivity contribution in [2.24, 2.45) is 5.41 Å². The lowest BCUT2D eigenvalue weighted by atomic mass is 9.82. The van der Waals surface area contributed by atoms with Crippen LogP contribution in [0.2, 0.25) is 0 Å². The van der Waals surface area contributed by atoms with Crippen molar-refractivity contribution in [1.29, 1.82) is 0 Å². The highest BCUT2D eigenvalue weighted by atomic mass is 32.2. The van der Waals surface area contributed by atoms with Crippen LogP contribution in [0.1, 0.15) is 31.7 Å². The summed E-state index contributed by atoms with van der Waals surface area (Å²) in [6.07, 6.45) is 6.74. The van der Waals surface area contributed by atoms with Crippen molar-refractivity contribution in [2.75, 3.05) is 37.5 Å². The van der Waals surface area contributed by atoms with Crippen molar-refractivity contribution < 1.29 is 17.3 Å². The molecule has 0 spiro atoms. The van der Waals surface area contributed by atoms with E-state index in [0.717, 1.165) is 67.8 Å². The molecule has 4 rings (SSSR count). The minimum Gasteiger partial charge on any atom is -0.376 e. The van der Waals surface area contributed by atoms with Crippen LogP contribution in [0.5, 0.6) is 0 Å². The lowest BCUT2D eigenvalue weighted by Gasteiger charge is -2.49. The van der Waals surface area contributed by atoms with Gasteiger partial charge in [-0.15, -0.1) is 5.10 Å². The second kappa shape index (κ2) is 8.28. The van der Waals surface area contributed by atoms with Gasteiger partial charge in [-0.3, -0.25) is 4.18 Å². The molecule has 9 heteroatoms. The maximum Gasteiger partial charge on any atom is 0.264 e. The molecule has 1 aromatic carbocycles. The van der Waals surface area contributed by atoms with Crippen LogP contribution < -0.4 is 4.90 Å². The summed E-state index contributed by atoms with van der Waals surface area (Å²) in [6, 6.07) is 6.32. The van der Waals surface area contributed by atoms with Crippen LogP contribution in [0.25, 0.3) is 11.3 Å². The zero-order chi connectivity index (χ0) is 21.4. The first kappa shape index (κ1) is 21.3. The van der Waals surface area contributed by atoms with Crippen LogP contribution in [0.15, 0.2) is 24.4 Å². The maximum absolute atomic E-state index is 11.2. The van der Waals surface area contributed by atoms with E-state index >= 15 is 0 Å². The van der Waals surface area contributed by atoms with Gasteiger partial charge in [-0.25, -0.2) is 4.68 Å². The Bertz CT molecular complexity index is 992. The Morgan fingerprint density at radius 3 is 2.77 bits per heavy atom. The van der Waals surface area contributed by atoms with Crippen LogP contribution in [-0.2, 0) is 25.6 Å². The molecule has 2 fully saturated rings. The smallest absolute Gasteiger partial charge is 0.264 e. The molecule has 0 radical (unpaired) electrons. The molecule has 2 aromatic rings. The number of aryl methyl sites for hydroxylation is 1. The van der Waals surface area contributed by atoms with E-state index in [4.69, 9.17) is 8.92 Å². The van der Waals surface area contributed by atoms with E-state index in [9.17, 15) is 8.42 Å². The number of benzene rings is 1. The van der Waals surface area contributed by atoms with E-state index in [0.29, 0.717) is 0 Å². The molecule has 0 bridgehead atoms. The third-order valence-electron chi connectivity index (χ3n) is 5.82. The van der Waals surface area contributed by atoms with Gasteiger partial charge in [0.15, 0.2) is 0 Å². The predicted octanol–water partition coefficient (Wildman–Crippen LogP) is 2.63. The standard InChI is InChI=1S/C21H30N4O4S/c1-16-10-17(24-13-21(2,14-24)15-29-30(3,26)27)7-8-19(16)20-12-25(23-22-20)11-18-6-4-5-9-28-18/h7-8,10,12,18H,4-6,9,11,13-15H2,1-3H3. The molecule has 164 valence electrons. The summed E-state index contributed by atoms with van der Waals surface area (Å²) >= 11 is 0. The first-order chi connectivity index (χ1) is 14.2. The van der Waals surface area contributed by atoms with Gasteiger partial charge < -0.3 is 9.64 Å². The molecule has 2 saturated heterocycles. The molecule has 8 nitrogen and oxygen atoms in total. The van der Waals surface area contributed by atoms with Crippen LogP contribution in [-0.4, -0.2) is 62.1 Å². The predicted molar refractivity (Wildman–Crippen MR) is 115 cm³/mol. The third kappa shape index (κ3) is 5.01. The van der Waals surface area contributed by atoms with Crippen LogP contribution in [0.4, 0.5) is 5.69 Å². The van der Waals surface area contributed by atoms with Gasteiger partial charge in [-0.2, -0.15) is 8.42 Å². The quantitative estimate of drug-likeness (QED) is 0.619. The molecular formula is C21H30N4O4S. The monoisotopic (exact) mass is 434 g/mol. The second-order valence-corrected chi connectivity index (χ2v) is 10.6. The van der Waals surface area contributed by atoms with Crippen molar-refractivity contribution in [3.63, 3.8) is 0 Å². The Labute approximate surface area is 178 Å². The number of aromatic nitrogens is 3. The Morgan fingerprint density at radius 1 is 1.30 bits per heavy atom. The van der Waals surface area contributed by atoms with E-state index in [1.54, 1.807) is 0 Å². The van der Waals surface area contributed by atoms with Crippen molar-refractivity contribution in [3.05, 3.63) is 30.0 Å². The summed E-state index contributed by atoms with van der Waals surface area (Å²) in [5.41, 5.74) is 4.04. The van der Waals surface area contributed by atoms with E-state index in [1.165, 1.54) is 6.42 Å². The maximum atomic E-state index is 11.2. The Kier molecular flexibility index (Phi) is 5.87. The number of anilines is 1. The molecule has 1 atom stereocenters. The van der Waals surface area contributed by atoms with Gasteiger partial charge >= 0.3 is 0 Å². The number of rotatable bonds is 7. The molecule has 0 N–H and O–H groups in total. The largest absolute Gasteiger partial charge is 0.376 e. The molecule has 1 aromatic heterocycles. The van der Waals surface area contributed by atoms with Crippen LogP contribution in [0.3, 0.4) is 0 Å². The number of nitrogens with zero attached hydrogens (tertiary/aromatic N) is 4. The van der Waals surface area contributed by atoms with Gasteiger partial charge in [0.2, 0.25) is 0 Å². The summed E-state index contributed by atoms with van der Waals surface area (Å²) in [5.74, 6) is 0. The number of hydrogen-bond acceptors (Lipinski definition) is 7. The highest BCUT2D eigenvalue weighted by molar-refractivity contribution is 7.85. The average Bonchev–Trinajstić information content (AvgIpc) is 3.12. The highest BCUT2D eigenvalue weighted by Gasteiger charge is 2.40. The zero-order valence-corrected chi connectivity index (χ0v) is 18.7. The normalized spacial score (nSPS) is 21.4. The van der Waals surface area contributed by atoms with E-state index in [1.807, 2.05) is 17.8 Å². The highest BCUT2D eigenvalue weighted by Crippen LogP contribution is 2.36. The van der Waals surface area contributed by atoms with Gasteiger partial charge in [0.05, 0.1) is 31.7 Å². The summed E-state index contributed by atoms with van der Waals surface area (Å²) < 4.78 is 35.2. The Morgan fingerprint density at radius 2 is 2.10 bits per heavy atom. The zero-order valence-electron chi connectivity index (χ0n) is 17.9. The van der Waals surface area contributed by atoms with Gasteiger partial charge in [0.1, 0.15) is 5.69 Å². The molecule has 0 saturated carbocycles. The fraction of sp³-hybridized carbons (Fsp3) is 0.619. The van der Waals surface area contributed by atoms with Gasteiger partial charge in [-0.1, -0.05) is 18.2 Å². The lowest BCUT2D eigenvalue weighted by molar-refractivity contribution is 0.00370. The third-order valence-corrected chi connectivity index (χ3v) is 6.37. The summed E-state index contributed by atoms with van der Waals surface area (Å²) in [5, 5.41) is 8.65. The summed E-state index contributed by atoms with van der Waals surface area (Å²) in [4.78, 5) is 2.24. The number of ether oxygens (including phenoxy) is 1. The minimum atomic E-state index is -3.41. The molecule has 1 unspecified atom stereocenters. The molecular weight excluding hydrogens is 404 g/mol. The molecule has 30 heavy (non-hydrogen) atoms. The summed E-state index contributed by atoms with van der Waals surface area (Å²) in [7, 11) is -3.41. The van der Waals surface area contributed by atoms with Crippen molar-refractivity contribution in [2.45, 2.75) is 45.8 Å². The topological polar surface area (TPSA) is 86.5 Å². The van der Waals surface area contributed by atoms with Gasteiger partial charge in [0, 0.05) is 36.4 Å². The fourth-order valence-corrected chi connectivity index (χ4v) is 4.70. The lowest BCUT2D eigenvalue weighted by Crippen LogP contribution is -2.57. The average molecular weight is 435 g/mol. The van der Waals surface area contributed by atoms with Crippen molar-refractivity contribution in [3.8, 4) is 11.3 Å². The van der Waals surface area contributed by atoms with E-state index in [2.05, 4.69) is 40.3 Å². The molecule has 0 aliphatic carbocycles. The first-order valence-electron chi connectivity index (χ1n) is 10.4. The van der Waals surface area contributed by atoms with Crippen LogP contribution >= 0.6 is 0 Å². The van der Waals surface area contributed by atoms with Gasteiger partial charge in [0.25, 0.3) is 10.1 Å². The molecule has 2 aliphatic rings. The van der Waals surface area contributed by atoms with Crippen molar-refractivity contribution >= 4 is 15.8 Å². The van der Waals surface area contributed by atoms with E-state index in [-0.39, 0.29) is 18.1 Å². The minimum absolute atomic E-state index is 0.153. The van der Waals surface area contributed by atoms with Gasteiger partial charge in [-0.05, 0) is 43.9 Å². The Hall–Kier alpha value is -1.97. The SMILES string of the molecule is Cc1cc(N2CC(C)(COS(C)(=O)=O)C2)ccc1-c1cn(CC2CCCCO2)nn1. The molecule has 2 aliphatic heterocycles. The van der Waals surface area contributed by atoms with Crippen LogP contribution in [0, 0.1) is 12.3 Å². The fourth-order valence-electron chi connectivity index (χ4n) is 4.20. The first-order valence-corrected chi connectivity index (χ1v) is 12.2. The summed E-state index contributed by atoms with van der Waals surface area (Å²) in [6.45, 7) is 7.44. The molecule has 3 heterocycles. The van der Waals surface area contributed by atoms with E-state index < -0.39 is 10.1 Å². The number of hydrogen-bond donors (Lipinski definition) is 0. The molecule has 0 amide bonds. The van der Waals surface area contributed by atoms with Crippen molar-refractivity contribution in [1.82, 2.24) is 15.0 Å². The Balaban J connectivity index is 1.38. The second-order valence-electron chi connectivity index (χ2n) is 8.95.